The van der Waals surface area contributed by atoms with Crippen LogP contribution in [0.4, 0.5) is 11.6 Å². The monoisotopic (exact) mass is 418 g/mol. The average Bonchev–Trinajstić information content (AvgIpc) is 3.29. The first-order valence-corrected chi connectivity index (χ1v) is 10.4. The standard InChI is InChI=1S/C23H26N6O2/c1-16(2)25-20-14-18(8-9-19(20)15-24)21-26-23(27-31-21)29-12-10-28(11-13-29)22(30)17-6-4-3-5-7-17/h3-9,14-16,24-25H,10-13H2,1-2H3. The molecule has 2 aromatic carbocycles. The second-order valence-electron chi connectivity index (χ2n) is 7.79. The Hall–Kier alpha value is -3.68. The van der Waals surface area contributed by atoms with Gasteiger partial charge in [-0.3, -0.25) is 4.79 Å². The van der Waals surface area contributed by atoms with Gasteiger partial charge in [-0.15, -0.1) is 0 Å². The lowest BCUT2D eigenvalue weighted by Gasteiger charge is -2.33. The first kappa shape index (κ1) is 20.6. The minimum atomic E-state index is 0.0468. The van der Waals surface area contributed by atoms with Crippen molar-refractivity contribution in [3.8, 4) is 11.5 Å². The van der Waals surface area contributed by atoms with Crippen molar-refractivity contribution in [2.45, 2.75) is 19.9 Å². The zero-order valence-corrected chi connectivity index (χ0v) is 17.7. The van der Waals surface area contributed by atoms with Crippen molar-refractivity contribution < 1.29 is 9.32 Å². The van der Waals surface area contributed by atoms with Gasteiger partial charge in [0.15, 0.2) is 0 Å². The summed E-state index contributed by atoms with van der Waals surface area (Å²) in [6.07, 6.45) is 1.32. The van der Waals surface area contributed by atoms with E-state index in [2.05, 4.69) is 15.5 Å². The lowest BCUT2D eigenvalue weighted by Crippen LogP contribution is -2.49. The van der Waals surface area contributed by atoms with Crippen LogP contribution < -0.4 is 10.2 Å². The summed E-state index contributed by atoms with van der Waals surface area (Å²) in [6.45, 7) is 6.60. The summed E-state index contributed by atoms with van der Waals surface area (Å²) in [7, 11) is 0. The normalized spacial score (nSPS) is 14.0. The first-order valence-electron chi connectivity index (χ1n) is 10.4. The first-order chi connectivity index (χ1) is 15.0. The van der Waals surface area contributed by atoms with E-state index in [0.29, 0.717) is 43.6 Å². The molecule has 3 aromatic rings. The summed E-state index contributed by atoms with van der Waals surface area (Å²) in [5.41, 5.74) is 3.16. The predicted octanol–water partition coefficient (Wildman–Crippen LogP) is 3.52. The number of carbonyl (C=O) groups excluding carboxylic acids is 1. The minimum absolute atomic E-state index is 0.0468. The largest absolute Gasteiger partial charge is 0.382 e. The average molecular weight is 419 g/mol. The Morgan fingerprint density at radius 1 is 1.13 bits per heavy atom. The molecular weight excluding hydrogens is 392 g/mol. The zero-order valence-electron chi connectivity index (χ0n) is 17.7. The molecule has 1 aromatic heterocycles. The lowest BCUT2D eigenvalue weighted by molar-refractivity contribution is 0.0746. The maximum absolute atomic E-state index is 12.6. The van der Waals surface area contributed by atoms with Crippen molar-refractivity contribution in [1.29, 1.82) is 5.41 Å². The van der Waals surface area contributed by atoms with Gasteiger partial charge < -0.3 is 25.0 Å². The zero-order chi connectivity index (χ0) is 21.8. The quantitative estimate of drug-likeness (QED) is 0.595. The molecule has 0 atom stereocenters. The molecule has 160 valence electrons. The smallest absolute Gasteiger partial charge is 0.266 e. The van der Waals surface area contributed by atoms with E-state index in [0.717, 1.165) is 16.8 Å². The number of piperazine rings is 1. The Kier molecular flexibility index (Phi) is 5.97. The number of hydrogen-bond donors (Lipinski definition) is 2. The van der Waals surface area contributed by atoms with E-state index < -0.39 is 0 Å². The van der Waals surface area contributed by atoms with Crippen LogP contribution in [0.5, 0.6) is 0 Å². The lowest BCUT2D eigenvalue weighted by atomic mass is 10.1. The molecule has 2 heterocycles. The van der Waals surface area contributed by atoms with E-state index in [9.17, 15) is 4.79 Å². The van der Waals surface area contributed by atoms with Gasteiger partial charge in [0.25, 0.3) is 17.7 Å². The molecule has 4 rings (SSSR count). The Bertz CT molecular complexity index is 1050. The third-order valence-corrected chi connectivity index (χ3v) is 5.19. The van der Waals surface area contributed by atoms with Crippen LogP contribution in [-0.4, -0.2) is 59.4 Å². The van der Waals surface area contributed by atoms with E-state index in [1.807, 2.05) is 72.2 Å². The van der Waals surface area contributed by atoms with Crippen molar-refractivity contribution >= 4 is 23.8 Å². The van der Waals surface area contributed by atoms with Crippen molar-refractivity contribution in [2.75, 3.05) is 36.4 Å². The van der Waals surface area contributed by atoms with Gasteiger partial charge in [-0.2, -0.15) is 4.98 Å². The van der Waals surface area contributed by atoms with Crippen LogP contribution >= 0.6 is 0 Å². The van der Waals surface area contributed by atoms with Crippen molar-refractivity contribution in [2.24, 2.45) is 0 Å². The summed E-state index contributed by atoms with van der Waals surface area (Å²) >= 11 is 0. The summed E-state index contributed by atoms with van der Waals surface area (Å²) in [5.74, 6) is 1.00. The molecule has 1 aliphatic heterocycles. The molecule has 0 saturated carbocycles. The molecule has 2 N–H and O–H groups in total. The van der Waals surface area contributed by atoms with Gasteiger partial charge in [0.2, 0.25) is 0 Å². The Labute approximate surface area is 181 Å². The van der Waals surface area contributed by atoms with Crippen molar-refractivity contribution in [3.63, 3.8) is 0 Å². The number of hydrogen-bond acceptors (Lipinski definition) is 7. The molecule has 8 nitrogen and oxygen atoms in total. The van der Waals surface area contributed by atoms with Crippen LogP contribution in [0, 0.1) is 5.41 Å². The second kappa shape index (κ2) is 8.99. The van der Waals surface area contributed by atoms with E-state index in [-0.39, 0.29) is 11.9 Å². The van der Waals surface area contributed by atoms with Crippen LogP contribution in [-0.2, 0) is 0 Å². The fourth-order valence-corrected chi connectivity index (χ4v) is 3.59. The number of carbonyl (C=O) groups is 1. The third kappa shape index (κ3) is 4.58. The summed E-state index contributed by atoms with van der Waals surface area (Å²) in [4.78, 5) is 21.1. The summed E-state index contributed by atoms with van der Waals surface area (Å²) < 4.78 is 5.51. The highest BCUT2D eigenvalue weighted by Gasteiger charge is 2.25. The van der Waals surface area contributed by atoms with Gasteiger partial charge in [0.1, 0.15) is 0 Å². The fraction of sp³-hybridized carbons (Fsp3) is 0.304. The Morgan fingerprint density at radius 3 is 2.55 bits per heavy atom. The number of nitrogens with one attached hydrogen (secondary N) is 2. The van der Waals surface area contributed by atoms with Crippen LogP contribution in [0.15, 0.2) is 53.1 Å². The van der Waals surface area contributed by atoms with Gasteiger partial charge in [0.05, 0.1) is 0 Å². The number of benzene rings is 2. The molecular formula is C23H26N6O2. The number of aromatic nitrogens is 2. The summed E-state index contributed by atoms with van der Waals surface area (Å²) in [5, 5.41) is 15.1. The predicted molar refractivity (Wildman–Crippen MR) is 121 cm³/mol. The van der Waals surface area contributed by atoms with E-state index in [1.54, 1.807) is 0 Å². The second-order valence-corrected chi connectivity index (χ2v) is 7.79. The fourth-order valence-electron chi connectivity index (χ4n) is 3.59. The topological polar surface area (TPSA) is 98.3 Å². The van der Waals surface area contributed by atoms with Crippen LogP contribution in [0.3, 0.4) is 0 Å². The molecule has 1 fully saturated rings. The van der Waals surface area contributed by atoms with Crippen LogP contribution in [0.1, 0.15) is 29.8 Å². The van der Waals surface area contributed by atoms with Gasteiger partial charge >= 0.3 is 0 Å². The van der Waals surface area contributed by atoms with E-state index in [1.165, 1.54) is 6.21 Å². The molecule has 1 aliphatic rings. The third-order valence-electron chi connectivity index (χ3n) is 5.19. The number of amides is 1. The van der Waals surface area contributed by atoms with Crippen LogP contribution in [0.2, 0.25) is 0 Å². The molecule has 0 aliphatic carbocycles. The highest BCUT2D eigenvalue weighted by atomic mass is 16.5. The summed E-state index contributed by atoms with van der Waals surface area (Å²) in [6, 6.07) is 15.2. The molecule has 0 radical (unpaired) electrons. The number of anilines is 2. The Balaban J connectivity index is 1.44. The van der Waals surface area contributed by atoms with E-state index in [4.69, 9.17) is 9.93 Å². The van der Waals surface area contributed by atoms with E-state index >= 15 is 0 Å². The molecule has 31 heavy (non-hydrogen) atoms. The SMILES string of the molecule is CC(C)Nc1cc(-c2nc(N3CCN(C(=O)c4ccccc4)CC3)no2)ccc1C=N. The molecule has 1 saturated heterocycles. The highest BCUT2D eigenvalue weighted by molar-refractivity contribution is 5.94. The van der Waals surface area contributed by atoms with Crippen molar-refractivity contribution in [3.05, 3.63) is 59.7 Å². The maximum Gasteiger partial charge on any atom is 0.266 e. The maximum atomic E-state index is 12.6. The highest BCUT2D eigenvalue weighted by Crippen LogP contribution is 2.26. The number of nitrogens with zero attached hydrogens (tertiary/aromatic N) is 4. The van der Waals surface area contributed by atoms with Gasteiger partial charge in [-0.05, 0) is 43.3 Å². The molecule has 0 spiro atoms. The Morgan fingerprint density at radius 2 is 1.87 bits per heavy atom. The minimum Gasteiger partial charge on any atom is -0.382 e. The van der Waals surface area contributed by atoms with Gasteiger partial charge in [0, 0.05) is 60.8 Å². The number of rotatable bonds is 6. The molecule has 0 unspecified atom stereocenters. The molecule has 8 heteroatoms. The molecule has 0 bridgehead atoms. The molecule has 1 amide bonds. The van der Waals surface area contributed by atoms with Crippen LogP contribution in [0.25, 0.3) is 11.5 Å². The van der Waals surface area contributed by atoms with Gasteiger partial charge in [-0.25, -0.2) is 0 Å². The van der Waals surface area contributed by atoms with Gasteiger partial charge in [-0.1, -0.05) is 24.3 Å². The van der Waals surface area contributed by atoms with Crippen molar-refractivity contribution in [1.82, 2.24) is 15.0 Å².